The Morgan fingerprint density at radius 3 is 2.52 bits per heavy atom. The molecule has 138 valence electrons. The van der Waals surface area contributed by atoms with Gasteiger partial charge in [0.1, 0.15) is 0 Å². The number of nitrogens with zero attached hydrogens (tertiary/aromatic N) is 1. The van der Waals surface area contributed by atoms with E-state index in [9.17, 15) is 9.59 Å². The van der Waals surface area contributed by atoms with Gasteiger partial charge in [-0.1, -0.05) is 42.0 Å². The molecule has 3 rings (SSSR count). The average molecular weight is 379 g/mol. The first-order valence-corrected chi connectivity index (χ1v) is 9.51. The van der Waals surface area contributed by atoms with Gasteiger partial charge in [0.2, 0.25) is 5.91 Å². The monoisotopic (exact) mass is 379 g/mol. The summed E-state index contributed by atoms with van der Waals surface area (Å²) in [7, 11) is 0. The number of rotatable bonds is 5. The first kappa shape index (κ1) is 18.8. The second kappa shape index (κ2) is 8.14. The van der Waals surface area contributed by atoms with Gasteiger partial charge < -0.3 is 5.32 Å². The molecule has 1 heterocycles. The van der Waals surface area contributed by atoms with Crippen molar-refractivity contribution in [1.82, 2.24) is 10.3 Å². The van der Waals surface area contributed by atoms with Crippen molar-refractivity contribution in [1.29, 1.82) is 0 Å². The Kier molecular flexibility index (Phi) is 5.66. The van der Waals surface area contributed by atoms with Crippen LogP contribution >= 0.6 is 11.3 Å². The summed E-state index contributed by atoms with van der Waals surface area (Å²) < 4.78 is 0. The lowest BCUT2D eigenvalue weighted by molar-refractivity contribution is -0.119. The average Bonchev–Trinajstić information content (AvgIpc) is 3.09. The minimum absolute atomic E-state index is 0.0452. The molecule has 5 nitrogen and oxygen atoms in total. The molecule has 0 saturated carbocycles. The molecule has 0 aliphatic carbocycles. The Morgan fingerprint density at radius 2 is 1.85 bits per heavy atom. The van der Waals surface area contributed by atoms with E-state index in [2.05, 4.69) is 15.6 Å². The van der Waals surface area contributed by atoms with Gasteiger partial charge >= 0.3 is 0 Å². The maximum atomic E-state index is 12.3. The van der Waals surface area contributed by atoms with Crippen molar-refractivity contribution >= 4 is 28.3 Å². The summed E-state index contributed by atoms with van der Waals surface area (Å²) in [4.78, 5) is 28.0. The second-order valence-corrected chi connectivity index (χ2v) is 7.26. The summed E-state index contributed by atoms with van der Waals surface area (Å²) in [5, 5.41) is 8.19. The van der Waals surface area contributed by atoms with Crippen LogP contribution in [0.15, 0.2) is 53.9 Å². The molecular formula is C21H21N3O2S. The number of aromatic nitrogens is 1. The van der Waals surface area contributed by atoms with E-state index in [1.807, 2.05) is 61.7 Å². The number of carbonyl (C=O) groups is 2. The third-order valence-electron chi connectivity index (χ3n) is 4.13. The normalized spacial score (nSPS) is 11.7. The number of hydrogen-bond donors (Lipinski definition) is 2. The molecule has 0 aliphatic heterocycles. The molecule has 1 aromatic heterocycles. The molecule has 0 radical (unpaired) electrons. The number of nitrogens with one attached hydrogen (secondary N) is 2. The molecule has 0 aliphatic rings. The van der Waals surface area contributed by atoms with Gasteiger partial charge in [0.15, 0.2) is 5.13 Å². The third kappa shape index (κ3) is 4.80. The highest BCUT2D eigenvalue weighted by molar-refractivity contribution is 7.14. The van der Waals surface area contributed by atoms with Gasteiger partial charge in [-0.2, -0.15) is 0 Å². The van der Waals surface area contributed by atoms with Gasteiger partial charge in [0, 0.05) is 23.4 Å². The maximum Gasteiger partial charge on any atom is 0.257 e. The fraction of sp³-hybridized carbons (Fsp3) is 0.190. The third-order valence-corrected chi connectivity index (χ3v) is 4.89. The highest BCUT2D eigenvalue weighted by atomic mass is 32.1. The molecule has 0 saturated heterocycles. The molecule has 0 spiro atoms. The van der Waals surface area contributed by atoms with E-state index in [1.54, 1.807) is 6.07 Å². The van der Waals surface area contributed by atoms with Crippen molar-refractivity contribution in [2.75, 3.05) is 5.32 Å². The molecule has 3 aromatic rings. The largest absolute Gasteiger partial charge is 0.350 e. The van der Waals surface area contributed by atoms with Crippen LogP contribution in [-0.2, 0) is 4.79 Å². The van der Waals surface area contributed by atoms with Crippen molar-refractivity contribution in [3.63, 3.8) is 0 Å². The lowest BCUT2D eigenvalue weighted by atomic mass is 10.1. The standard InChI is InChI=1S/C21H21N3O2S/c1-13-5-4-6-18(11-13)20(26)24-21-23-19(12-27-21)17-9-7-16(8-10-17)14(2)22-15(3)25/h4-12,14H,1-3H3,(H,22,25)(H,23,24,26). The predicted octanol–water partition coefficient (Wildman–Crippen LogP) is 4.57. The molecule has 2 aromatic carbocycles. The lowest BCUT2D eigenvalue weighted by Crippen LogP contribution is -2.23. The summed E-state index contributed by atoms with van der Waals surface area (Å²) in [5.74, 6) is -0.223. The molecule has 1 atom stereocenters. The number of hydrogen-bond acceptors (Lipinski definition) is 4. The number of benzene rings is 2. The van der Waals surface area contributed by atoms with E-state index >= 15 is 0 Å². The Bertz CT molecular complexity index is 964. The van der Waals surface area contributed by atoms with E-state index in [-0.39, 0.29) is 17.9 Å². The van der Waals surface area contributed by atoms with E-state index in [4.69, 9.17) is 0 Å². The summed E-state index contributed by atoms with van der Waals surface area (Å²) in [6.07, 6.45) is 0. The second-order valence-electron chi connectivity index (χ2n) is 6.41. The molecule has 2 amide bonds. The molecule has 2 N–H and O–H groups in total. The fourth-order valence-electron chi connectivity index (χ4n) is 2.75. The van der Waals surface area contributed by atoms with Crippen molar-refractivity contribution in [3.05, 3.63) is 70.6 Å². The minimum atomic E-state index is -0.168. The molecule has 27 heavy (non-hydrogen) atoms. The zero-order valence-electron chi connectivity index (χ0n) is 15.4. The van der Waals surface area contributed by atoms with E-state index < -0.39 is 0 Å². The van der Waals surface area contributed by atoms with Crippen LogP contribution in [0.5, 0.6) is 0 Å². The van der Waals surface area contributed by atoms with Crippen LogP contribution in [0, 0.1) is 6.92 Å². The van der Waals surface area contributed by atoms with Crippen LogP contribution in [-0.4, -0.2) is 16.8 Å². The lowest BCUT2D eigenvalue weighted by Gasteiger charge is -2.13. The smallest absolute Gasteiger partial charge is 0.257 e. The number of anilines is 1. The van der Waals surface area contributed by atoms with Crippen LogP contribution in [0.3, 0.4) is 0 Å². The first-order valence-electron chi connectivity index (χ1n) is 8.63. The topological polar surface area (TPSA) is 71.1 Å². The Hall–Kier alpha value is -2.99. The van der Waals surface area contributed by atoms with Crippen LogP contribution < -0.4 is 10.6 Å². The van der Waals surface area contributed by atoms with Gasteiger partial charge in [-0.15, -0.1) is 11.3 Å². The summed E-state index contributed by atoms with van der Waals surface area (Å²) in [6, 6.07) is 15.3. The highest BCUT2D eigenvalue weighted by Crippen LogP contribution is 2.26. The zero-order chi connectivity index (χ0) is 19.4. The van der Waals surface area contributed by atoms with E-state index in [0.29, 0.717) is 10.7 Å². The van der Waals surface area contributed by atoms with Crippen LogP contribution in [0.4, 0.5) is 5.13 Å². The number of aryl methyl sites for hydroxylation is 1. The van der Waals surface area contributed by atoms with Gasteiger partial charge in [0.05, 0.1) is 11.7 Å². The van der Waals surface area contributed by atoms with Crippen molar-refractivity contribution in [2.45, 2.75) is 26.8 Å². The Morgan fingerprint density at radius 1 is 1.11 bits per heavy atom. The molecule has 0 bridgehead atoms. The van der Waals surface area contributed by atoms with Crippen LogP contribution in [0.2, 0.25) is 0 Å². The van der Waals surface area contributed by atoms with Gasteiger partial charge in [-0.25, -0.2) is 4.98 Å². The molecule has 0 fully saturated rings. The van der Waals surface area contributed by atoms with Crippen molar-refractivity contribution < 1.29 is 9.59 Å². The van der Waals surface area contributed by atoms with Crippen LogP contribution in [0.1, 0.15) is 41.4 Å². The quantitative estimate of drug-likeness (QED) is 0.682. The SMILES string of the molecule is CC(=O)NC(C)c1ccc(-c2csc(NC(=O)c3cccc(C)c3)n2)cc1. The predicted molar refractivity (Wildman–Crippen MR) is 109 cm³/mol. The molecule has 6 heteroatoms. The van der Waals surface area contributed by atoms with E-state index in [0.717, 1.165) is 22.4 Å². The maximum absolute atomic E-state index is 12.3. The van der Waals surface area contributed by atoms with Gasteiger partial charge in [-0.3, -0.25) is 14.9 Å². The van der Waals surface area contributed by atoms with E-state index in [1.165, 1.54) is 18.3 Å². The van der Waals surface area contributed by atoms with Crippen molar-refractivity contribution in [2.24, 2.45) is 0 Å². The molecule has 1 unspecified atom stereocenters. The summed E-state index contributed by atoms with van der Waals surface area (Å²) >= 11 is 1.39. The molecular weight excluding hydrogens is 358 g/mol. The van der Waals surface area contributed by atoms with Gasteiger partial charge in [0.25, 0.3) is 5.91 Å². The minimum Gasteiger partial charge on any atom is -0.350 e. The Labute approximate surface area is 162 Å². The zero-order valence-corrected chi connectivity index (χ0v) is 16.3. The number of amides is 2. The summed E-state index contributed by atoms with van der Waals surface area (Å²) in [6.45, 7) is 5.40. The highest BCUT2D eigenvalue weighted by Gasteiger charge is 2.11. The fourth-order valence-corrected chi connectivity index (χ4v) is 3.46. The summed E-state index contributed by atoms with van der Waals surface area (Å²) in [5.41, 5.74) is 4.44. The number of thiazole rings is 1. The Balaban J connectivity index is 1.70. The van der Waals surface area contributed by atoms with Crippen LogP contribution in [0.25, 0.3) is 11.3 Å². The number of carbonyl (C=O) groups excluding carboxylic acids is 2. The first-order chi connectivity index (χ1) is 12.9. The van der Waals surface area contributed by atoms with Crippen molar-refractivity contribution in [3.8, 4) is 11.3 Å². The van der Waals surface area contributed by atoms with Gasteiger partial charge in [-0.05, 0) is 31.5 Å².